The number of carbonyl (C=O) groups excluding carboxylic acids is 1. The third kappa shape index (κ3) is 3.46. The number of aliphatic hydroxyl groups excluding tert-OH is 1. The van der Waals surface area contributed by atoms with E-state index in [0.29, 0.717) is 5.56 Å². The number of carbonyl (C=O) groups is 1. The average molecular weight is 309 g/mol. The van der Waals surface area contributed by atoms with Crippen LogP contribution in [0.3, 0.4) is 0 Å². The fourth-order valence-corrected chi connectivity index (χ4v) is 2.07. The fourth-order valence-electron chi connectivity index (χ4n) is 2.07. The van der Waals surface area contributed by atoms with Gasteiger partial charge in [-0.3, -0.25) is 4.79 Å². The molecule has 0 saturated heterocycles. The topological polar surface area (TPSA) is 49.3 Å². The molecule has 0 aliphatic carbocycles. The van der Waals surface area contributed by atoms with Crippen LogP contribution >= 0.6 is 0 Å². The Bertz CT molecular complexity index is 669. The molecule has 2 aromatic carbocycles. The molecule has 1 unspecified atom stereocenters. The monoisotopic (exact) mass is 309 g/mol. The van der Waals surface area contributed by atoms with Gasteiger partial charge in [-0.25, -0.2) is 0 Å². The van der Waals surface area contributed by atoms with Crippen LogP contribution in [0.4, 0.5) is 18.9 Å². The van der Waals surface area contributed by atoms with Gasteiger partial charge in [-0.1, -0.05) is 36.4 Å². The smallest absolute Gasteiger partial charge is 0.378 e. The normalized spacial score (nSPS) is 12.8. The highest BCUT2D eigenvalue weighted by Crippen LogP contribution is 2.34. The molecule has 3 nitrogen and oxygen atoms in total. The maximum absolute atomic E-state index is 12.8. The van der Waals surface area contributed by atoms with Crippen molar-refractivity contribution < 1.29 is 23.1 Å². The first-order valence-corrected chi connectivity index (χ1v) is 6.51. The molecule has 0 spiro atoms. The minimum absolute atomic E-state index is 0.0230. The Balaban J connectivity index is 2.23. The van der Waals surface area contributed by atoms with Gasteiger partial charge in [0.1, 0.15) is 0 Å². The van der Waals surface area contributed by atoms with Gasteiger partial charge < -0.3 is 10.4 Å². The molecule has 0 radical (unpaired) electrons. The predicted molar refractivity (Wildman–Crippen MR) is 76.2 cm³/mol. The van der Waals surface area contributed by atoms with Gasteiger partial charge in [-0.05, 0) is 30.2 Å². The Labute approximate surface area is 125 Å². The molecule has 0 fully saturated rings. The first-order chi connectivity index (χ1) is 10.3. The summed E-state index contributed by atoms with van der Waals surface area (Å²) < 4.78 is 38.5. The van der Waals surface area contributed by atoms with Crippen LogP contribution in [0.2, 0.25) is 0 Å². The van der Waals surface area contributed by atoms with Gasteiger partial charge in [-0.15, -0.1) is 0 Å². The zero-order valence-electron chi connectivity index (χ0n) is 11.7. The van der Waals surface area contributed by atoms with E-state index in [4.69, 9.17) is 0 Å². The van der Waals surface area contributed by atoms with Crippen LogP contribution in [-0.4, -0.2) is 11.0 Å². The second kappa shape index (κ2) is 6.19. The molecule has 0 aliphatic heterocycles. The van der Waals surface area contributed by atoms with Crippen molar-refractivity contribution in [1.82, 2.24) is 0 Å². The molecule has 1 atom stereocenters. The number of benzene rings is 2. The Kier molecular flexibility index (Phi) is 4.51. The second-order valence-corrected chi connectivity index (χ2v) is 4.78. The van der Waals surface area contributed by atoms with Crippen LogP contribution in [0.15, 0.2) is 48.5 Å². The van der Waals surface area contributed by atoms with Gasteiger partial charge in [0.2, 0.25) is 0 Å². The predicted octanol–water partition coefficient (Wildman–Crippen LogP) is 3.69. The molecule has 2 rings (SSSR count). The molecule has 0 aromatic heterocycles. The summed E-state index contributed by atoms with van der Waals surface area (Å²) in [7, 11) is 0. The Morgan fingerprint density at radius 3 is 2.32 bits per heavy atom. The SMILES string of the molecule is Cc1c(NC(=O)C(O)c2ccccc2)cccc1C(F)(F)F. The fraction of sp³-hybridized carbons (Fsp3) is 0.188. The van der Waals surface area contributed by atoms with Crippen molar-refractivity contribution in [1.29, 1.82) is 0 Å². The number of amides is 1. The van der Waals surface area contributed by atoms with Crippen LogP contribution in [0.1, 0.15) is 22.8 Å². The summed E-state index contributed by atoms with van der Waals surface area (Å²) in [5.41, 5.74) is -0.525. The first kappa shape index (κ1) is 16.0. The van der Waals surface area contributed by atoms with Crippen LogP contribution in [-0.2, 0) is 11.0 Å². The van der Waals surface area contributed by atoms with Gasteiger partial charge in [0.05, 0.1) is 5.56 Å². The highest BCUT2D eigenvalue weighted by Gasteiger charge is 2.33. The van der Waals surface area contributed by atoms with Gasteiger partial charge >= 0.3 is 6.18 Å². The molecule has 0 bridgehead atoms. The highest BCUT2D eigenvalue weighted by molar-refractivity contribution is 5.95. The standard InChI is InChI=1S/C16H14F3NO2/c1-10-12(16(17,18)19)8-5-9-13(10)20-15(22)14(21)11-6-3-2-4-7-11/h2-9,14,21H,1H3,(H,20,22). The van der Waals surface area contributed by atoms with E-state index in [1.165, 1.54) is 19.1 Å². The van der Waals surface area contributed by atoms with E-state index in [9.17, 15) is 23.1 Å². The lowest BCUT2D eigenvalue weighted by Crippen LogP contribution is -2.22. The molecular formula is C16H14F3NO2. The minimum Gasteiger partial charge on any atom is -0.378 e. The summed E-state index contributed by atoms with van der Waals surface area (Å²) in [5.74, 6) is -0.784. The number of anilines is 1. The number of nitrogens with one attached hydrogen (secondary N) is 1. The summed E-state index contributed by atoms with van der Waals surface area (Å²) in [6.07, 6.45) is -5.95. The summed E-state index contributed by atoms with van der Waals surface area (Å²) >= 11 is 0. The highest BCUT2D eigenvalue weighted by atomic mass is 19.4. The van der Waals surface area contributed by atoms with Crippen LogP contribution in [0, 0.1) is 6.92 Å². The largest absolute Gasteiger partial charge is 0.416 e. The van der Waals surface area contributed by atoms with Crippen molar-refractivity contribution >= 4 is 11.6 Å². The maximum atomic E-state index is 12.8. The van der Waals surface area contributed by atoms with E-state index in [0.717, 1.165) is 6.07 Å². The van der Waals surface area contributed by atoms with Gasteiger partial charge in [0.15, 0.2) is 6.10 Å². The number of rotatable bonds is 3. The summed E-state index contributed by atoms with van der Waals surface area (Å²) in [6.45, 7) is 1.27. The third-order valence-corrected chi connectivity index (χ3v) is 3.26. The number of halogens is 3. The Morgan fingerprint density at radius 1 is 1.09 bits per heavy atom. The minimum atomic E-state index is -4.50. The number of hydrogen-bond donors (Lipinski definition) is 2. The molecule has 1 amide bonds. The van der Waals surface area contributed by atoms with Crippen molar-refractivity contribution in [2.75, 3.05) is 5.32 Å². The Morgan fingerprint density at radius 2 is 1.73 bits per heavy atom. The summed E-state index contributed by atoms with van der Waals surface area (Å²) in [5, 5.41) is 12.3. The number of aliphatic hydroxyl groups is 1. The van der Waals surface area contributed by atoms with Crippen LogP contribution in [0.25, 0.3) is 0 Å². The quantitative estimate of drug-likeness (QED) is 0.908. The maximum Gasteiger partial charge on any atom is 0.416 e. The number of alkyl halides is 3. The molecule has 0 saturated carbocycles. The van der Waals surface area contributed by atoms with Crippen molar-refractivity contribution in [3.05, 3.63) is 65.2 Å². The van der Waals surface area contributed by atoms with E-state index in [-0.39, 0.29) is 11.3 Å². The summed E-state index contributed by atoms with van der Waals surface area (Å²) in [4.78, 5) is 12.0. The van der Waals surface area contributed by atoms with Gasteiger partial charge in [0.25, 0.3) is 5.91 Å². The van der Waals surface area contributed by atoms with E-state index < -0.39 is 23.8 Å². The molecule has 0 heterocycles. The lowest BCUT2D eigenvalue weighted by molar-refractivity contribution is -0.138. The average Bonchev–Trinajstić information content (AvgIpc) is 2.48. The lowest BCUT2D eigenvalue weighted by atomic mass is 10.1. The molecule has 22 heavy (non-hydrogen) atoms. The zero-order valence-corrected chi connectivity index (χ0v) is 11.7. The van der Waals surface area contributed by atoms with E-state index >= 15 is 0 Å². The van der Waals surface area contributed by atoms with E-state index in [1.807, 2.05) is 0 Å². The van der Waals surface area contributed by atoms with Crippen molar-refractivity contribution in [2.45, 2.75) is 19.2 Å². The third-order valence-electron chi connectivity index (χ3n) is 3.26. The van der Waals surface area contributed by atoms with Crippen LogP contribution < -0.4 is 5.32 Å². The molecular weight excluding hydrogens is 295 g/mol. The van der Waals surface area contributed by atoms with Crippen molar-refractivity contribution in [3.8, 4) is 0 Å². The molecule has 6 heteroatoms. The zero-order chi connectivity index (χ0) is 16.3. The molecule has 2 aromatic rings. The van der Waals surface area contributed by atoms with Gasteiger partial charge in [0, 0.05) is 5.69 Å². The van der Waals surface area contributed by atoms with E-state index in [2.05, 4.69) is 5.32 Å². The van der Waals surface area contributed by atoms with Crippen LogP contribution in [0.5, 0.6) is 0 Å². The van der Waals surface area contributed by atoms with Gasteiger partial charge in [-0.2, -0.15) is 13.2 Å². The molecule has 2 N–H and O–H groups in total. The molecule has 116 valence electrons. The second-order valence-electron chi connectivity index (χ2n) is 4.78. The lowest BCUT2D eigenvalue weighted by Gasteiger charge is -2.16. The summed E-state index contributed by atoms with van der Waals surface area (Å²) in [6, 6.07) is 11.7. The van der Waals surface area contributed by atoms with Crippen molar-refractivity contribution in [2.24, 2.45) is 0 Å². The first-order valence-electron chi connectivity index (χ1n) is 6.51. The number of hydrogen-bond acceptors (Lipinski definition) is 2. The Hall–Kier alpha value is -2.34. The van der Waals surface area contributed by atoms with E-state index in [1.54, 1.807) is 30.3 Å². The van der Waals surface area contributed by atoms with Crippen molar-refractivity contribution in [3.63, 3.8) is 0 Å². The molecule has 0 aliphatic rings.